The van der Waals surface area contributed by atoms with Crippen LogP contribution in [0.2, 0.25) is 0 Å². The molecule has 5 heteroatoms. The van der Waals surface area contributed by atoms with Crippen LogP contribution in [0.1, 0.15) is 11.5 Å². The topological polar surface area (TPSA) is 65.6 Å². The summed E-state index contributed by atoms with van der Waals surface area (Å²) in [6.45, 7) is 3.57. The fourth-order valence-corrected chi connectivity index (χ4v) is 1.92. The maximum absolute atomic E-state index is 11.2. The average Bonchev–Trinajstić information content (AvgIpc) is 2.80. The Hall–Kier alpha value is -1.33. The number of nitrogens with zero attached hydrogens (tertiary/aromatic N) is 1. The van der Waals surface area contributed by atoms with Crippen LogP contribution in [0, 0.1) is 0 Å². The lowest BCUT2D eigenvalue weighted by Crippen LogP contribution is -2.40. The third-order valence-electron chi connectivity index (χ3n) is 2.87. The molecule has 0 aliphatic carbocycles. The summed E-state index contributed by atoms with van der Waals surface area (Å²) in [5.41, 5.74) is 0.832. The lowest BCUT2D eigenvalue weighted by molar-refractivity contribution is -0.139. The van der Waals surface area contributed by atoms with E-state index in [1.165, 1.54) is 0 Å². The number of aromatic amines is 1. The van der Waals surface area contributed by atoms with Crippen LogP contribution in [0.5, 0.6) is 0 Å². The molecule has 5 nitrogen and oxygen atoms in total. The molecule has 2 N–H and O–H groups in total. The molecule has 1 aromatic heterocycles. The zero-order valence-electron chi connectivity index (χ0n) is 9.06. The molecule has 0 bridgehead atoms. The minimum absolute atomic E-state index is 0.454. The third kappa shape index (κ3) is 2.62. The van der Waals surface area contributed by atoms with Gasteiger partial charge in [0.1, 0.15) is 0 Å². The van der Waals surface area contributed by atoms with Gasteiger partial charge in [-0.25, -0.2) is 0 Å². The normalized spacial score (nSPS) is 19.5. The van der Waals surface area contributed by atoms with Gasteiger partial charge in [0.05, 0.1) is 19.1 Å². The Bertz CT molecular complexity index is 331. The van der Waals surface area contributed by atoms with Crippen LogP contribution in [0.25, 0.3) is 0 Å². The molecule has 1 saturated heterocycles. The molecule has 1 aromatic rings. The highest BCUT2D eigenvalue weighted by molar-refractivity contribution is 5.76. The van der Waals surface area contributed by atoms with E-state index in [1.54, 1.807) is 12.4 Å². The number of H-pyrrole nitrogens is 1. The number of carbonyl (C=O) groups is 1. The number of nitrogens with one attached hydrogen (secondary N) is 1. The van der Waals surface area contributed by atoms with Crippen LogP contribution in [0.15, 0.2) is 18.5 Å². The van der Waals surface area contributed by atoms with Gasteiger partial charge in [-0.05, 0) is 11.6 Å². The number of carboxylic acid groups (broad SMARTS) is 1. The number of aromatic nitrogens is 1. The van der Waals surface area contributed by atoms with Crippen molar-refractivity contribution in [1.82, 2.24) is 9.88 Å². The Morgan fingerprint density at radius 1 is 1.56 bits per heavy atom. The van der Waals surface area contributed by atoms with Crippen molar-refractivity contribution in [3.05, 3.63) is 24.0 Å². The van der Waals surface area contributed by atoms with Crippen molar-refractivity contribution < 1.29 is 14.6 Å². The van der Waals surface area contributed by atoms with Crippen molar-refractivity contribution in [1.29, 1.82) is 0 Å². The van der Waals surface area contributed by atoms with Gasteiger partial charge in [0.15, 0.2) is 0 Å². The van der Waals surface area contributed by atoms with E-state index in [-0.39, 0.29) is 0 Å². The van der Waals surface area contributed by atoms with Crippen LogP contribution in [0.4, 0.5) is 0 Å². The molecule has 1 aliphatic rings. The minimum atomic E-state index is -0.772. The van der Waals surface area contributed by atoms with E-state index in [0.717, 1.165) is 18.7 Å². The second-order valence-electron chi connectivity index (χ2n) is 3.95. The van der Waals surface area contributed by atoms with E-state index in [2.05, 4.69) is 9.88 Å². The highest BCUT2D eigenvalue weighted by Gasteiger charge is 2.24. The first-order chi connectivity index (χ1) is 7.77. The molecule has 1 atom stereocenters. The van der Waals surface area contributed by atoms with Crippen LogP contribution < -0.4 is 0 Å². The summed E-state index contributed by atoms with van der Waals surface area (Å²) >= 11 is 0. The van der Waals surface area contributed by atoms with E-state index < -0.39 is 11.9 Å². The standard InChI is InChI=1S/C11H16N2O3/c14-11(15)10(9-1-2-12-7-9)8-13-3-5-16-6-4-13/h1-2,7,10,12H,3-6,8H2,(H,14,15). The van der Waals surface area contributed by atoms with Crippen molar-refractivity contribution in [2.24, 2.45) is 0 Å². The predicted octanol–water partition coefficient (Wildman–Crippen LogP) is 0.515. The number of hydrogen-bond acceptors (Lipinski definition) is 3. The minimum Gasteiger partial charge on any atom is -0.481 e. The number of ether oxygens (including phenoxy) is 1. The number of aliphatic carboxylic acids is 1. The highest BCUT2D eigenvalue weighted by Crippen LogP contribution is 2.17. The maximum atomic E-state index is 11.2. The molecule has 2 heterocycles. The molecule has 0 radical (unpaired) electrons. The second-order valence-corrected chi connectivity index (χ2v) is 3.95. The van der Waals surface area contributed by atoms with Gasteiger partial charge in [-0.3, -0.25) is 9.69 Å². The first kappa shape index (κ1) is 11.2. The summed E-state index contributed by atoms with van der Waals surface area (Å²) < 4.78 is 5.24. The Morgan fingerprint density at radius 3 is 2.88 bits per heavy atom. The fraction of sp³-hybridized carbons (Fsp3) is 0.545. The van der Waals surface area contributed by atoms with E-state index >= 15 is 0 Å². The van der Waals surface area contributed by atoms with E-state index in [0.29, 0.717) is 19.8 Å². The summed E-state index contributed by atoms with van der Waals surface area (Å²) in [5, 5.41) is 9.20. The first-order valence-electron chi connectivity index (χ1n) is 5.43. The first-order valence-corrected chi connectivity index (χ1v) is 5.43. The molecule has 1 fully saturated rings. The maximum Gasteiger partial charge on any atom is 0.312 e. The molecule has 0 aromatic carbocycles. The largest absolute Gasteiger partial charge is 0.481 e. The molecular weight excluding hydrogens is 208 g/mol. The Balaban J connectivity index is 2.00. The Kier molecular flexibility index (Phi) is 3.58. The lowest BCUT2D eigenvalue weighted by Gasteiger charge is -2.28. The molecule has 0 spiro atoms. The van der Waals surface area contributed by atoms with E-state index in [9.17, 15) is 9.90 Å². The zero-order valence-corrected chi connectivity index (χ0v) is 9.06. The van der Waals surface area contributed by atoms with Crippen molar-refractivity contribution >= 4 is 5.97 Å². The molecule has 1 aliphatic heterocycles. The summed E-state index contributed by atoms with van der Waals surface area (Å²) in [4.78, 5) is 16.2. The highest BCUT2D eigenvalue weighted by atomic mass is 16.5. The summed E-state index contributed by atoms with van der Waals surface area (Å²) in [5.74, 6) is -1.23. The van der Waals surface area contributed by atoms with Gasteiger partial charge >= 0.3 is 5.97 Å². The number of rotatable bonds is 4. The van der Waals surface area contributed by atoms with Crippen molar-refractivity contribution in [2.45, 2.75) is 5.92 Å². The van der Waals surface area contributed by atoms with Gasteiger partial charge in [0, 0.05) is 32.0 Å². The average molecular weight is 224 g/mol. The smallest absolute Gasteiger partial charge is 0.312 e. The van der Waals surface area contributed by atoms with E-state index in [1.807, 2.05) is 6.07 Å². The van der Waals surface area contributed by atoms with Gasteiger partial charge in [0.2, 0.25) is 0 Å². The van der Waals surface area contributed by atoms with Crippen LogP contribution in [-0.2, 0) is 9.53 Å². The van der Waals surface area contributed by atoms with Gasteiger partial charge in [0.25, 0.3) is 0 Å². The number of morpholine rings is 1. The summed E-state index contributed by atoms with van der Waals surface area (Å²) in [6, 6.07) is 1.82. The number of carboxylic acids is 1. The van der Waals surface area contributed by atoms with E-state index in [4.69, 9.17) is 4.74 Å². The molecular formula is C11H16N2O3. The quantitative estimate of drug-likeness (QED) is 0.782. The predicted molar refractivity (Wildman–Crippen MR) is 58.4 cm³/mol. The second kappa shape index (κ2) is 5.14. The third-order valence-corrected chi connectivity index (χ3v) is 2.87. The molecule has 2 rings (SSSR count). The van der Waals surface area contributed by atoms with Crippen LogP contribution >= 0.6 is 0 Å². The van der Waals surface area contributed by atoms with Gasteiger partial charge in [-0.2, -0.15) is 0 Å². The number of hydrogen-bond donors (Lipinski definition) is 2. The Morgan fingerprint density at radius 2 is 2.31 bits per heavy atom. The van der Waals surface area contributed by atoms with Gasteiger partial charge in [-0.1, -0.05) is 0 Å². The molecule has 16 heavy (non-hydrogen) atoms. The monoisotopic (exact) mass is 224 g/mol. The fourth-order valence-electron chi connectivity index (χ4n) is 1.92. The molecule has 0 saturated carbocycles. The summed E-state index contributed by atoms with van der Waals surface area (Å²) in [7, 11) is 0. The zero-order chi connectivity index (χ0) is 11.4. The van der Waals surface area contributed by atoms with Gasteiger partial charge in [-0.15, -0.1) is 0 Å². The molecule has 1 unspecified atom stereocenters. The molecule has 0 amide bonds. The summed E-state index contributed by atoms with van der Waals surface area (Å²) in [6.07, 6.45) is 3.50. The Labute approximate surface area is 94.0 Å². The van der Waals surface area contributed by atoms with Crippen LogP contribution in [0.3, 0.4) is 0 Å². The van der Waals surface area contributed by atoms with Crippen molar-refractivity contribution in [3.63, 3.8) is 0 Å². The SMILES string of the molecule is O=C(O)C(CN1CCOCC1)c1cc[nH]c1. The van der Waals surface area contributed by atoms with Crippen LogP contribution in [-0.4, -0.2) is 53.8 Å². The van der Waals surface area contributed by atoms with Crippen molar-refractivity contribution in [3.8, 4) is 0 Å². The molecule has 88 valence electrons. The lowest BCUT2D eigenvalue weighted by atomic mass is 10.0. The van der Waals surface area contributed by atoms with Gasteiger partial charge < -0.3 is 14.8 Å². The van der Waals surface area contributed by atoms with Crippen molar-refractivity contribution in [2.75, 3.05) is 32.8 Å².